The van der Waals surface area contributed by atoms with Gasteiger partial charge >= 0.3 is 17.9 Å². The SMILES string of the molecule is COC(=O)CCc1ccc(C(C(=O)O)C(=O)O)cc1. The van der Waals surface area contributed by atoms with Gasteiger partial charge in [0.2, 0.25) is 0 Å². The fourth-order valence-electron chi connectivity index (χ4n) is 1.62. The summed E-state index contributed by atoms with van der Waals surface area (Å²) in [5, 5.41) is 17.7. The Hall–Kier alpha value is -2.37. The molecule has 0 spiro atoms. The Labute approximate surface area is 109 Å². The minimum atomic E-state index is -1.57. The van der Waals surface area contributed by atoms with Crippen LogP contribution < -0.4 is 0 Å². The molecule has 0 aliphatic rings. The van der Waals surface area contributed by atoms with E-state index in [9.17, 15) is 14.4 Å². The summed E-state index contributed by atoms with van der Waals surface area (Å²) in [6, 6.07) is 6.10. The van der Waals surface area contributed by atoms with Crippen LogP contribution in [-0.2, 0) is 25.5 Å². The van der Waals surface area contributed by atoms with Crippen LogP contribution in [0.4, 0.5) is 0 Å². The number of hydrogen-bond donors (Lipinski definition) is 2. The first-order valence-electron chi connectivity index (χ1n) is 5.57. The Kier molecular flexibility index (Phi) is 5.05. The van der Waals surface area contributed by atoms with Crippen molar-refractivity contribution in [1.29, 1.82) is 0 Å². The van der Waals surface area contributed by atoms with Gasteiger partial charge in [0.25, 0.3) is 0 Å². The highest BCUT2D eigenvalue weighted by Gasteiger charge is 2.27. The molecule has 0 radical (unpaired) electrons. The summed E-state index contributed by atoms with van der Waals surface area (Å²) in [7, 11) is 1.30. The highest BCUT2D eigenvalue weighted by atomic mass is 16.5. The molecule has 0 unspecified atom stereocenters. The number of carbonyl (C=O) groups is 3. The lowest BCUT2D eigenvalue weighted by Crippen LogP contribution is -2.20. The van der Waals surface area contributed by atoms with Gasteiger partial charge in [0.05, 0.1) is 7.11 Å². The van der Waals surface area contributed by atoms with Crippen LogP contribution in [0.1, 0.15) is 23.5 Å². The van der Waals surface area contributed by atoms with E-state index in [1.54, 1.807) is 12.1 Å². The molecule has 0 bridgehead atoms. The van der Waals surface area contributed by atoms with Crippen molar-refractivity contribution in [3.63, 3.8) is 0 Å². The first-order chi connectivity index (χ1) is 8.95. The van der Waals surface area contributed by atoms with Crippen molar-refractivity contribution in [3.8, 4) is 0 Å². The van der Waals surface area contributed by atoms with Gasteiger partial charge in [-0.2, -0.15) is 0 Å². The number of carbonyl (C=O) groups excluding carboxylic acids is 1. The lowest BCUT2D eigenvalue weighted by atomic mass is 9.97. The second kappa shape index (κ2) is 6.53. The van der Waals surface area contributed by atoms with E-state index in [-0.39, 0.29) is 18.0 Å². The number of methoxy groups -OCH3 is 1. The molecule has 1 aromatic carbocycles. The molecule has 0 atom stereocenters. The number of hydrogen-bond acceptors (Lipinski definition) is 4. The minimum Gasteiger partial charge on any atom is -0.480 e. The van der Waals surface area contributed by atoms with Crippen LogP contribution in [0, 0.1) is 0 Å². The van der Waals surface area contributed by atoms with Crippen molar-refractivity contribution in [1.82, 2.24) is 0 Å². The summed E-state index contributed by atoms with van der Waals surface area (Å²) in [5.41, 5.74) is 1.01. The number of rotatable bonds is 6. The highest BCUT2D eigenvalue weighted by Crippen LogP contribution is 2.18. The van der Waals surface area contributed by atoms with Crippen molar-refractivity contribution in [2.75, 3.05) is 7.11 Å². The first-order valence-corrected chi connectivity index (χ1v) is 5.57. The lowest BCUT2D eigenvalue weighted by molar-refractivity contribution is -0.150. The number of benzene rings is 1. The zero-order valence-corrected chi connectivity index (χ0v) is 10.3. The molecule has 0 aromatic heterocycles. The van der Waals surface area contributed by atoms with Gasteiger partial charge in [0, 0.05) is 6.42 Å². The summed E-state index contributed by atoms with van der Waals surface area (Å²) in [6.07, 6.45) is 0.675. The van der Waals surface area contributed by atoms with E-state index >= 15 is 0 Å². The van der Waals surface area contributed by atoms with E-state index in [1.807, 2.05) is 0 Å². The van der Waals surface area contributed by atoms with Crippen LogP contribution >= 0.6 is 0 Å². The molecule has 0 amide bonds. The van der Waals surface area contributed by atoms with Crippen LogP contribution in [0.25, 0.3) is 0 Å². The molecule has 0 aliphatic carbocycles. The van der Waals surface area contributed by atoms with Gasteiger partial charge in [-0.05, 0) is 17.5 Å². The third kappa shape index (κ3) is 4.09. The Morgan fingerprint density at radius 1 is 1.11 bits per heavy atom. The Morgan fingerprint density at radius 2 is 1.63 bits per heavy atom. The van der Waals surface area contributed by atoms with Gasteiger partial charge in [-0.15, -0.1) is 0 Å². The van der Waals surface area contributed by atoms with Crippen molar-refractivity contribution in [3.05, 3.63) is 35.4 Å². The van der Waals surface area contributed by atoms with Crippen LogP contribution in [0.2, 0.25) is 0 Å². The molecule has 6 heteroatoms. The first kappa shape index (κ1) is 14.7. The molecule has 0 saturated carbocycles. The van der Waals surface area contributed by atoms with Crippen molar-refractivity contribution >= 4 is 17.9 Å². The molecule has 0 aliphatic heterocycles. The van der Waals surface area contributed by atoms with Crippen LogP contribution in [0.3, 0.4) is 0 Å². The molecule has 0 fully saturated rings. The molecule has 102 valence electrons. The minimum absolute atomic E-state index is 0.196. The number of aliphatic carboxylic acids is 2. The van der Waals surface area contributed by atoms with E-state index in [0.717, 1.165) is 5.56 Å². The predicted molar refractivity (Wildman–Crippen MR) is 64.8 cm³/mol. The van der Waals surface area contributed by atoms with Crippen LogP contribution in [-0.4, -0.2) is 35.2 Å². The van der Waals surface area contributed by atoms with Gasteiger partial charge in [0.15, 0.2) is 5.92 Å². The molecule has 1 rings (SSSR count). The van der Waals surface area contributed by atoms with Gasteiger partial charge in [-0.3, -0.25) is 14.4 Å². The van der Waals surface area contributed by atoms with Gasteiger partial charge in [-0.25, -0.2) is 0 Å². The summed E-state index contributed by atoms with van der Waals surface area (Å²) >= 11 is 0. The summed E-state index contributed by atoms with van der Waals surface area (Å²) in [4.78, 5) is 32.6. The standard InChI is InChI=1S/C13H14O6/c1-19-10(14)7-4-8-2-5-9(6-3-8)11(12(15)16)13(17)18/h2-3,5-6,11H,4,7H2,1H3,(H,15,16)(H,17,18). The smallest absolute Gasteiger partial charge is 0.322 e. The predicted octanol–water partition coefficient (Wildman–Crippen LogP) is 1.04. The molecular formula is C13H14O6. The summed E-state index contributed by atoms with van der Waals surface area (Å²) in [5.74, 6) is -4.72. The fraction of sp³-hybridized carbons (Fsp3) is 0.308. The van der Waals surface area contributed by atoms with Gasteiger partial charge in [0.1, 0.15) is 0 Å². The third-order valence-electron chi connectivity index (χ3n) is 2.65. The van der Waals surface area contributed by atoms with E-state index in [0.29, 0.717) is 6.42 Å². The monoisotopic (exact) mass is 266 g/mol. The van der Waals surface area contributed by atoms with Gasteiger partial charge in [-0.1, -0.05) is 24.3 Å². The normalized spacial score (nSPS) is 10.2. The van der Waals surface area contributed by atoms with Gasteiger partial charge < -0.3 is 14.9 Å². The largest absolute Gasteiger partial charge is 0.480 e. The summed E-state index contributed by atoms with van der Waals surface area (Å²) in [6.45, 7) is 0. The topological polar surface area (TPSA) is 101 Å². The average molecular weight is 266 g/mol. The average Bonchev–Trinajstić information content (AvgIpc) is 2.36. The van der Waals surface area contributed by atoms with Crippen molar-refractivity contribution in [2.24, 2.45) is 0 Å². The second-order valence-corrected chi connectivity index (χ2v) is 3.93. The number of carboxylic acids is 2. The number of carboxylic acid groups (broad SMARTS) is 2. The van der Waals surface area contributed by atoms with Crippen molar-refractivity contribution in [2.45, 2.75) is 18.8 Å². The molecule has 6 nitrogen and oxygen atoms in total. The molecule has 19 heavy (non-hydrogen) atoms. The van der Waals surface area contributed by atoms with Crippen LogP contribution in [0.5, 0.6) is 0 Å². The van der Waals surface area contributed by atoms with E-state index < -0.39 is 17.9 Å². The molecular weight excluding hydrogens is 252 g/mol. The molecule has 2 N–H and O–H groups in total. The number of ether oxygens (including phenoxy) is 1. The zero-order valence-electron chi connectivity index (χ0n) is 10.3. The quantitative estimate of drug-likeness (QED) is 0.589. The molecule has 0 saturated heterocycles. The zero-order chi connectivity index (χ0) is 14.4. The van der Waals surface area contributed by atoms with E-state index in [2.05, 4.69) is 4.74 Å². The highest BCUT2D eigenvalue weighted by molar-refractivity contribution is 5.98. The maximum atomic E-state index is 11.0. The van der Waals surface area contributed by atoms with Crippen LogP contribution in [0.15, 0.2) is 24.3 Å². The molecule has 1 aromatic rings. The van der Waals surface area contributed by atoms with Crippen molar-refractivity contribution < 1.29 is 29.3 Å². The third-order valence-corrected chi connectivity index (χ3v) is 2.65. The fourth-order valence-corrected chi connectivity index (χ4v) is 1.62. The molecule has 0 heterocycles. The van der Waals surface area contributed by atoms with E-state index in [1.165, 1.54) is 19.2 Å². The Bertz CT molecular complexity index is 462. The number of esters is 1. The second-order valence-electron chi connectivity index (χ2n) is 3.93. The Morgan fingerprint density at radius 3 is 2.05 bits per heavy atom. The lowest BCUT2D eigenvalue weighted by Gasteiger charge is -2.08. The maximum Gasteiger partial charge on any atom is 0.322 e. The maximum absolute atomic E-state index is 11.0. The summed E-state index contributed by atoms with van der Waals surface area (Å²) < 4.78 is 4.50. The Balaban J connectivity index is 2.78. The van der Waals surface area contributed by atoms with E-state index in [4.69, 9.17) is 10.2 Å². The number of aryl methyl sites for hydroxylation is 1.